The topological polar surface area (TPSA) is 47.6 Å². The summed E-state index contributed by atoms with van der Waals surface area (Å²) in [6.45, 7) is -2.26. The zero-order chi connectivity index (χ0) is 14.3. The second-order valence-corrected chi connectivity index (χ2v) is 4.07. The first-order valence-corrected chi connectivity index (χ1v) is 5.91. The van der Waals surface area contributed by atoms with E-state index in [0.717, 1.165) is 0 Å². The van der Waals surface area contributed by atoms with Gasteiger partial charge in [0.05, 0.1) is 13.5 Å². The fourth-order valence-corrected chi connectivity index (χ4v) is 1.61. The van der Waals surface area contributed by atoms with Gasteiger partial charge in [0.1, 0.15) is 5.75 Å². The number of carbonyl (C=O) groups is 1. The lowest BCUT2D eigenvalue weighted by Crippen LogP contribution is -2.19. The Morgan fingerprint density at radius 1 is 1.47 bits per heavy atom. The molecule has 0 fully saturated rings. The van der Waals surface area contributed by atoms with E-state index in [0.29, 0.717) is 17.1 Å². The van der Waals surface area contributed by atoms with Gasteiger partial charge in [0, 0.05) is 23.7 Å². The average molecular weight is 294 g/mol. The van der Waals surface area contributed by atoms with Gasteiger partial charge in [-0.25, -0.2) is 0 Å². The van der Waals surface area contributed by atoms with Crippen molar-refractivity contribution in [1.29, 1.82) is 0 Å². The quantitative estimate of drug-likeness (QED) is 0.620. The molecule has 0 amide bonds. The minimum Gasteiger partial charge on any atom is -0.469 e. The number of rotatable bonds is 7. The lowest BCUT2D eigenvalue weighted by Gasteiger charge is -2.11. The summed E-state index contributed by atoms with van der Waals surface area (Å²) < 4.78 is 33.3. The summed E-state index contributed by atoms with van der Waals surface area (Å²) in [7, 11) is 1.30. The molecule has 19 heavy (non-hydrogen) atoms. The summed E-state index contributed by atoms with van der Waals surface area (Å²) in [6, 6.07) is 4.38. The Kier molecular flexibility index (Phi) is 6.52. The normalized spacial score (nSPS) is 10.6. The highest BCUT2D eigenvalue weighted by Crippen LogP contribution is 2.24. The predicted molar refractivity (Wildman–Crippen MR) is 66.4 cm³/mol. The molecule has 1 rings (SSSR count). The van der Waals surface area contributed by atoms with Crippen LogP contribution in [0.2, 0.25) is 5.02 Å². The van der Waals surface area contributed by atoms with Crippen molar-refractivity contribution in [2.75, 3.05) is 13.7 Å². The molecule has 106 valence electrons. The Hall–Kier alpha value is -1.40. The lowest BCUT2D eigenvalue weighted by atomic mass is 10.2. The van der Waals surface area contributed by atoms with E-state index < -0.39 is 6.61 Å². The molecule has 0 aromatic heterocycles. The van der Waals surface area contributed by atoms with Gasteiger partial charge in [-0.05, 0) is 18.2 Å². The molecular weight excluding hydrogens is 280 g/mol. The van der Waals surface area contributed by atoms with Crippen molar-refractivity contribution in [3.8, 4) is 5.75 Å². The lowest BCUT2D eigenvalue weighted by molar-refractivity contribution is -0.140. The molecule has 1 aromatic rings. The number of benzene rings is 1. The highest BCUT2D eigenvalue weighted by Gasteiger charge is 2.10. The van der Waals surface area contributed by atoms with E-state index in [9.17, 15) is 13.6 Å². The summed E-state index contributed by atoms with van der Waals surface area (Å²) in [5.74, 6) is -0.285. The molecule has 0 saturated carbocycles. The molecule has 0 heterocycles. The first-order chi connectivity index (χ1) is 9.02. The van der Waals surface area contributed by atoms with Crippen LogP contribution in [0.25, 0.3) is 0 Å². The van der Waals surface area contributed by atoms with Crippen LogP contribution in [0.5, 0.6) is 5.75 Å². The van der Waals surface area contributed by atoms with Crippen LogP contribution >= 0.6 is 11.6 Å². The van der Waals surface area contributed by atoms with Crippen LogP contribution in [0, 0.1) is 0 Å². The van der Waals surface area contributed by atoms with Crippen LogP contribution in [0.15, 0.2) is 18.2 Å². The van der Waals surface area contributed by atoms with Gasteiger partial charge in [-0.1, -0.05) is 11.6 Å². The van der Waals surface area contributed by atoms with Crippen molar-refractivity contribution < 1.29 is 23.0 Å². The highest BCUT2D eigenvalue weighted by molar-refractivity contribution is 6.30. The zero-order valence-electron chi connectivity index (χ0n) is 10.3. The van der Waals surface area contributed by atoms with Gasteiger partial charge in [-0.3, -0.25) is 4.79 Å². The largest absolute Gasteiger partial charge is 0.469 e. The van der Waals surface area contributed by atoms with Crippen LogP contribution in [0.4, 0.5) is 8.78 Å². The molecule has 0 bridgehead atoms. The molecule has 0 spiro atoms. The van der Waals surface area contributed by atoms with E-state index in [2.05, 4.69) is 14.8 Å². The molecule has 1 aromatic carbocycles. The smallest absolute Gasteiger partial charge is 0.387 e. The van der Waals surface area contributed by atoms with Crippen LogP contribution in [0.3, 0.4) is 0 Å². The molecule has 0 aliphatic heterocycles. The molecule has 0 radical (unpaired) electrons. The maximum atomic E-state index is 12.2. The number of hydrogen-bond acceptors (Lipinski definition) is 4. The Morgan fingerprint density at radius 3 is 2.84 bits per heavy atom. The second-order valence-electron chi connectivity index (χ2n) is 3.63. The third-order valence-corrected chi connectivity index (χ3v) is 2.52. The molecule has 0 aliphatic carbocycles. The Labute approximate surface area is 114 Å². The van der Waals surface area contributed by atoms with E-state index in [1.54, 1.807) is 0 Å². The van der Waals surface area contributed by atoms with Crippen molar-refractivity contribution in [2.45, 2.75) is 19.6 Å². The van der Waals surface area contributed by atoms with Gasteiger partial charge in [-0.15, -0.1) is 0 Å². The monoisotopic (exact) mass is 293 g/mol. The minimum absolute atomic E-state index is 0.0602. The van der Waals surface area contributed by atoms with Gasteiger partial charge in [0.2, 0.25) is 0 Å². The van der Waals surface area contributed by atoms with Gasteiger partial charge >= 0.3 is 12.6 Å². The number of esters is 1. The molecule has 0 aliphatic rings. The van der Waals surface area contributed by atoms with Gasteiger partial charge in [0.15, 0.2) is 0 Å². The fourth-order valence-electron chi connectivity index (χ4n) is 1.41. The molecule has 4 nitrogen and oxygen atoms in total. The molecule has 1 N–H and O–H groups in total. The van der Waals surface area contributed by atoms with Crippen LogP contribution < -0.4 is 10.1 Å². The summed E-state index contributed by atoms with van der Waals surface area (Å²) in [6.07, 6.45) is 0.197. The van der Waals surface area contributed by atoms with Gasteiger partial charge in [-0.2, -0.15) is 8.78 Å². The van der Waals surface area contributed by atoms with E-state index in [-0.39, 0.29) is 24.7 Å². The number of nitrogens with one attached hydrogen (secondary N) is 1. The first-order valence-electron chi connectivity index (χ1n) is 5.53. The van der Waals surface area contributed by atoms with Crippen molar-refractivity contribution in [3.63, 3.8) is 0 Å². The summed E-state index contributed by atoms with van der Waals surface area (Å²) in [5, 5.41) is 3.35. The molecule has 7 heteroatoms. The third kappa shape index (κ3) is 5.85. The van der Waals surface area contributed by atoms with Crippen LogP contribution in [-0.4, -0.2) is 26.2 Å². The minimum atomic E-state index is -2.89. The number of halogens is 3. The molecule has 0 atom stereocenters. The highest BCUT2D eigenvalue weighted by atomic mass is 35.5. The van der Waals surface area contributed by atoms with Crippen molar-refractivity contribution >= 4 is 17.6 Å². The Balaban J connectivity index is 2.55. The van der Waals surface area contributed by atoms with Gasteiger partial charge in [0.25, 0.3) is 0 Å². The first kappa shape index (κ1) is 15.7. The van der Waals surface area contributed by atoms with Crippen molar-refractivity contribution in [1.82, 2.24) is 5.32 Å². The Bertz CT molecular complexity index is 429. The van der Waals surface area contributed by atoms with Gasteiger partial charge < -0.3 is 14.8 Å². The average Bonchev–Trinajstić information content (AvgIpc) is 2.36. The van der Waals surface area contributed by atoms with E-state index in [1.165, 1.54) is 25.3 Å². The maximum absolute atomic E-state index is 12.2. The van der Waals surface area contributed by atoms with E-state index in [1.807, 2.05) is 0 Å². The summed E-state index contributed by atoms with van der Waals surface area (Å²) in [4.78, 5) is 10.9. The number of hydrogen-bond donors (Lipinski definition) is 1. The number of alkyl halides is 2. The molecule has 0 saturated heterocycles. The zero-order valence-corrected chi connectivity index (χ0v) is 11.0. The predicted octanol–water partition coefficient (Wildman–Crippen LogP) is 2.59. The second kappa shape index (κ2) is 7.91. The van der Waals surface area contributed by atoms with E-state index >= 15 is 0 Å². The molecular formula is C12H14ClF2NO3. The Morgan fingerprint density at radius 2 is 2.21 bits per heavy atom. The number of methoxy groups -OCH3 is 1. The fraction of sp³-hybridized carbons (Fsp3) is 0.417. The van der Waals surface area contributed by atoms with Crippen LogP contribution in [-0.2, 0) is 16.1 Å². The van der Waals surface area contributed by atoms with E-state index in [4.69, 9.17) is 11.6 Å². The van der Waals surface area contributed by atoms with Crippen LogP contribution in [0.1, 0.15) is 12.0 Å². The number of ether oxygens (including phenoxy) is 2. The SMILES string of the molecule is COC(=O)CCNCc1cc(Cl)ccc1OC(F)F. The standard InChI is InChI=1S/C12H14ClF2NO3/c1-18-11(17)4-5-16-7-8-6-9(13)2-3-10(8)19-12(14)15/h2-3,6,12,16H,4-5,7H2,1H3. The van der Waals surface area contributed by atoms with Crippen molar-refractivity contribution in [3.05, 3.63) is 28.8 Å². The summed E-state index contributed by atoms with van der Waals surface area (Å²) >= 11 is 5.79. The van der Waals surface area contributed by atoms with Crippen molar-refractivity contribution in [2.24, 2.45) is 0 Å². The maximum Gasteiger partial charge on any atom is 0.387 e. The molecule has 0 unspecified atom stereocenters. The third-order valence-electron chi connectivity index (χ3n) is 2.29. The number of carbonyl (C=O) groups excluding carboxylic acids is 1. The summed E-state index contributed by atoms with van der Waals surface area (Å²) in [5.41, 5.74) is 0.498.